The van der Waals surface area contributed by atoms with Crippen LogP contribution in [0.3, 0.4) is 0 Å². The molecule has 0 heterocycles. The normalized spacial score (nSPS) is 16.1. The Hall–Kier alpha value is -1.60. The Morgan fingerprint density at radius 1 is 0.905 bits per heavy atom. The van der Waals surface area contributed by atoms with Crippen molar-refractivity contribution in [3.05, 3.63) is 71.8 Å². The van der Waals surface area contributed by atoms with Gasteiger partial charge in [0.25, 0.3) is 0 Å². The summed E-state index contributed by atoms with van der Waals surface area (Å²) < 4.78 is 0. The lowest BCUT2D eigenvalue weighted by Gasteiger charge is -2.29. The van der Waals surface area contributed by atoms with Crippen molar-refractivity contribution in [2.24, 2.45) is 5.92 Å². The van der Waals surface area contributed by atoms with Crippen molar-refractivity contribution in [3.63, 3.8) is 0 Å². The van der Waals surface area contributed by atoms with Gasteiger partial charge in [-0.15, -0.1) is 0 Å². The summed E-state index contributed by atoms with van der Waals surface area (Å²) in [6.45, 7) is 3.25. The van der Waals surface area contributed by atoms with E-state index in [1.807, 2.05) is 0 Å². The van der Waals surface area contributed by atoms with Gasteiger partial charge in [-0.25, -0.2) is 0 Å². The van der Waals surface area contributed by atoms with Gasteiger partial charge in [-0.1, -0.05) is 80.4 Å². The smallest absolute Gasteiger partial charge is 0.0243 e. The van der Waals surface area contributed by atoms with Crippen molar-refractivity contribution >= 4 is 0 Å². The molecule has 1 unspecified atom stereocenters. The second-order valence-electron chi connectivity index (χ2n) is 6.14. The molecule has 0 radical (unpaired) electrons. The molecule has 0 amide bonds. The fraction of sp³-hybridized carbons (Fsp3) is 0.400. The summed E-state index contributed by atoms with van der Waals surface area (Å²) in [6.07, 6.45) is 4.12. The first-order valence-electron chi connectivity index (χ1n) is 8.21. The number of nitrogens with one attached hydrogen (secondary N) is 1. The van der Waals surface area contributed by atoms with Gasteiger partial charge in [-0.05, 0) is 30.0 Å². The van der Waals surface area contributed by atoms with Crippen LogP contribution in [0.4, 0.5) is 0 Å². The van der Waals surface area contributed by atoms with Crippen LogP contribution in [-0.2, 0) is 0 Å². The first-order valence-corrected chi connectivity index (χ1v) is 8.21. The third-order valence-electron chi connectivity index (χ3n) is 4.47. The lowest BCUT2D eigenvalue weighted by atomic mass is 9.82. The van der Waals surface area contributed by atoms with E-state index < -0.39 is 0 Å². The fourth-order valence-corrected chi connectivity index (χ4v) is 3.29. The highest BCUT2D eigenvalue weighted by atomic mass is 14.9. The summed E-state index contributed by atoms with van der Waals surface area (Å²) in [5, 5.41) is 3.75. The summed E-state index contributed by atoms with van der Waals surface area (Å²) in [4.78, 5) is 0. The molecule has 110 valence electrons. The van der Waals surface area contributed by atoms with Crippen molar-refractivity contribution in [2.75, 3.05) is 6.54 Å². The van der Waals surface area contributed by atoms with E-state index >= 15 is 0 Å². The minimum absolute atomic E-state index is 0.452. The van der Waals surface area contributed by atoms with Crippen LogP contribution in [0.5, 0.6) is 0 Å². The standard InChI is InChI=1S/C20H25N/c1-2-21-19(15-16-13-14-16)20(17-9-5-3-6-10-17)18-11-7-4-8-12-18/h3-12,16,19-21H,2,13-15H2,1H3. The summed E-state index contributed by atoms with van der Waals surface area (Å²) in [7, 11) is 0. The highest BCUT2D eigenvalue weighted by molar-refractivity contribution is 5.34. The maximum atomic E-state index is 3.75. The molecule has 1 saturated carbocycles. The molecule has 1 heteroatoms. The van der Waals surface area contributed by atoms with E-state index in [9.17, 15) is 0 Å². The van der Waals surface area contributed by atoms with Gasteiger partial charge in [0.05, 0.1) is 0 Å². The fourth-order valence-electron chi connectivity index (χ4n) is 3.29. The molecule has 0 spiro atoms. The first kappa shape index (κ1) is 14.3. The number of benzene rings is 2. The molecular formula is C20H25N. The summed E-state index contributed by atoms with van der Waals surface area (Å²) in [6, 6.07) is 22.5. The van der Waals surface area contributed by atoms with E-state index in [0.717, 1.165) is 12.5 Å². The molecule has 1 atom stereocenters. The number of likely N-dealkylation sites (N-methyl/N-ethyl adjacent to an activating group) is 1. The average Bonchev–Trinajstić information content (AvgIpc) is 3.34. The highest BCUT2D eigenvalue weighted by Crippen LogP contribution is 2.38. The molecule has 1 nitrogen and oxygen atoms in total. The Morgan fingerprint density at radius 2 is 1.43 bits per heavy atom. The lowest BCUT2D eigenvalue weighted by molar-refractivity contribution is 0.429. The minimum Gasteiger partial charge on any atom is -0.313 e. The predicted molar refractivity (Wildman–Crippen MR) is 89.5 cm³/mol. The molecule has 1 N–H and O–H groups in total. The van der Waals surface area contributed by atoms with E-state index in [-0.39, 0.29) is 0 Å². The van der Waals surface area contributed by atoms with Crippen molar-refractivity contribution in [1.82, 2.24) is 5.32 Å². The van der Waals surface area contributed by atoms with Crippen molar-refractivity contribution in [1.29, 1.82) is 0 Å². The minimum atomic E-state index is 0.452. The number of rotatable bonds is 7. The molecule has 2 aromatic carbocycles. The van der Waals surface area contributed by atoms with Crippen molar-refractivity contribution < 1.29 is 0 Å². The van der Waals surface area contributed by atoms with Gasteiger partial charge < -0.3 is 5.32 Å². The lowest BCUT2D eigenvalue weighted by Crippen LogP contribution is -2.36. The third-order valence-corrected chi connectivity index (χ3v) is 4.47. The van der Waals surface area contributed by atoms with Crippen LogP contribution in [0.25, 0.3) is 0 Å². The first-order chi connectivity index (χ1) is 10.4. The van der Waals surface area contributed by atoms with Gasteiger partial charge >= 0.3 is 0 Å². The molecule has 1 aliphatic carbocycles. The van der Waals surface area contributed by atoms with Gasteiger partial charge in [0.15, 0.2) is 0 Å². The van der Waals surface area contributed by atoms with Crippen LogP contribution in [-0.4, -0.2) is 12.6 Å². The van der Waals surface area contributed by atoms with Crippen LogP contribution in [0.1, 0.15) is 43.2 Å². The van der Waals surface area contributed by atoms with Crippen LogP contribution in [0.2, 0.25) is 0 Å². The summed E-state index contributed by atoms with van der Waals surface area (Å²) >= 11 is 0. The zero-order valence-corrected chi connectivity index (χ0v) is 12.8. The molecule has 0 bridgehead atoms. The van der Waals surface area contributed by atoms with Crippen LogP contribution >= 0.6 is 0 Å². The Bertz CT molecular complexity index is 491. The van der Waals surface area contributed by atoms with E-state index in [1.165, 1.54) is 30.4 Å². The van der Waals surface area contributed by atoms with Crippen LogP contribution in [0.15, 0.2) is 60.7 Å². The zero-order chi connectivity index (χ0) is 14.5. The molecular weight excluding hydrogens is 254 g/mol. The second kappa shape index (κ2) is 6.91. The van der Waals surface area contributed by atoms with E-state index in [1.54, 1.807) is 0 Å². The largest absolute Gasteiger partial charge is 0.313 e. The third kappa shape index (κ3) is 3.74. The Kier molecular flexibility index (Phi) is 4.72. The van der Waals surface area contributed by atoms with Gasteiger partial charge in [-0.3, -0.25) is 0 Å². The average molecular weight is 279 g/mol. The van der Waals surface area contributed by atoms with Gasteiger partial charge in [-0.2, -0.15) is 0 Å². The van der Waals surface area contributed by atoms with E-state index in [4.69, 9.17) is 0 Å². The summed E-state index contributed by atoms with van der Waals surface area (Å²) in [5.41, 5.74) is 2.85. The molecule has 0 aliphatic heterocycles. The molecule has 1 aliphatic rings. The zero-order valence-electron chi connectivity index (χ0n) is 12.8. The quantitative estimate of drug-likeness (QED) is 0.781. The van der Waals surface area contributed by atoms with Crippen molar-refractivity contribution in [3.8, 4) is 0 Å². The highest BCUT2D eigenvalue weighted by Gasteiger charge is 2.31. The molecule has 1 fully saturated rings. The van der Waals surface area contributed by atoms with E-state index in [2.05, 4.69) is 72.9 Å². The topological polar surface area (TPSA) is 12.0 Å². The van der Waals surface area contributed by atoms with Gasteiger partial charge in [0.1, 0.15) is 0 Å². The Labute approximate surface area is 128 Å². The number of hydrogen-bond acceptors (Lipinski definition) is 1. The van der Waals surface area contributed by atoms with Crippen molar-refractivity contribution in [2.45, 2.75) is 38.1 Å². The van der Waals surface area contributed by atoms with E-state index in [0.29, 0.717) is 12.0 Å². The SMILES string of the molecule is CCNC(CC1CC1)C(c1ccccc1)c1ccccc1. The number of hydrogen-bond donors (Lipinski definition) is 1. The molecule has 0 saturated heterocycles. The Morgan fingerprint density at radius 3 is 1.86 bits per heavy atom. The monoisotopic (exact) mass is 279 g/mol. The van der Waals surface area contributed by atoms with Crippen LogP contribution < -0.4 is 5.32 Å². The maximum Gasteiger partial charge on any atom is 0.0243 e. The molecule has 3 rings (SSSR count). The second-order valence-corrected chi connectivity index (χ2v) is 6.14. The Balaban J connectivity index is 1.93. The van der Waals surface area contributed by atoms with Gasteiger partial charge in [0, 0.05) is 12.0 Å². The maximum absolute atomic E-state index is 3.75. The molecule has 2 aromatic rings. The summed E-state index contributed by atoms with van der Waals surface area (Å²) in [5.74, 6) is 1.39. The molecule has 21 heavy (non-hydrogen) atoms. The van der Waals surface area contributed by atoms with Gasteiger partial charge in [0.2, 0.25) is 0 Å². The van der Waals surface area contributed by atoms with Crippen LogP contribution in [0, 0.1) is 5.92 Å². The predicted octanol–water partition coefficient (Wildman–Crippen LogP) is 4.60. The molecule has 0 aromatic heterocycles.